The monoisotopic (exact) mass is 303 g/mol. The van der Waals surface area contributed by atoms with E-state index in [2.05, 4.69) is 4.98 Å². The van der Waals surface area contributed by atoms with Crippen LogP contribution in [0.3, 0.4) is 0 Å². The van der Waals surface area contributed by atoms with Crippen molar-refractivity contribution in [3.63, 3.8) is 0 Å². The summed E-state index contributed by atoms with van der Waals surface area (Å²) in [7, 11) is 3.74. The summed E-state index contributed by atoms with van der Waals surface area (Å²) in [4.78, 5) is 6.03. The van der Waals surface area contributed by atoms with Crippen LogP contribution >= 0.6 is 0 Å². The predicted octanol–water partition coefficient (Wildman–Crippen LogP) is 3.48. The molecule has 0 fully saturated rings. The van der Waals surface area contributed by atoms with Gasteiger partial charge in [0, 0.05) is 12.1 Å². The lowest BCUT2D eigenvalue weighted by molar-refractivity contribution is 0.400. The molecule has 0 spiro atoms. The Morgan fingerprint density at radius 3 is 2.50 bits per heavy atom. The molecule has 5 heteroatoms. The van der Waals surface area contributed by atoms with Gasteiger partial charge in [0.1, 0.15) is 5.82 Å². The molecule has 0 atom stereocenters. The highest BCUT2D eigenvalue weighted by atomic mass is 19.2. The van der Waals surface area contributed by atoms with Crippen LogP contribution in [-0.4, -0.2) is 24.0 Å². The first-order valence-electron chi connectivity index (χ1n) is 6.90. The van der Waals surface area contributed by atoms with Gasteiger partial charge in [-0.05, 0) is 68.6 Å². The van der Waals surface area contributed by atoms with Gasteiger partial charge in [-0.25, -0.2) is 13.8 Å². The van der Waals surface area contributed by atoms with Gasteiger partial charge in [0.25, 0.3) is 0 Å². The molecule has 1 heterocycles. The van der Waals surface area contributed by atoms with Crippen molar-refractivity contribution in [2.75, 3.05) is 19.8 Å². The molecular weight excluding hydrogens is 284 g/mol. The van der Waals surface area contributed by atoms with Gasteiger partial charge < -0.3 is 10.6 Å². The van der Waals surface area contributed by atoms with Crippen LogP contribution in [0.15, 0.2) is 24.3 Å². The number of benzene rings is 1. The van der Waals surface area contributed by atoms with E-state index in [4.69, 9.17) is 5.73 Å². The lowest BCUT2D eigenvalue weighted by atomic mass is 10.1. The lowest BCUT2D eigenvalue weighted by Crippen LogP contribution is -2.11. The third-order valence-corrected chi connectivity index (χ3v) is 3.06. The van der Waals surface area contributed by atoms with Crippen LogP contribution in [-0.2, 0) is 6.54 Å². The van der Waals surface area contributed by atoms with E-state index in [0.29, 0.717) is 23.6 Å². The number of nitrogen functional groups attached to an aromatic ring is 1. The van der Waals surface area contributed by atoms with Gasteiger partial charge in [-0.15, -0.1) is 0 Å². The molecule has 0 radical (unpaired) electrons. The number of aromatic nitrogens is 1. The highest BCUT2D eigenvalue weighted by Gasteiger charge is 2.09. The summed E-state index contributed by atoms with van der Waals surface area (Å²) in [5, 5.41) is 0. The van der Waals surface area contributed by atoms with E-state index in [1.54, 1.807) is 18.2 Å². The van der Waals surface area contributed by atoms with Crippen LogP contribution < -0.4 is 5.73 Å². The lowest BCUT2D eigenvalue weighted by Gasteiger charge is -2.11. The fourth-order valence-corrected chi connectivity index (χ4v) is 2.23. The van der Waals surface area contributed by atoms with Crippen molar-refractivity contribution in [2.24, 2.45) is 0 Å². The summed E-state index contributed by atoms with van der Waals surface area (Å²) in [5.41, 5.74) is 8.14. The summed E-state index contributed by atoms with van der Waals surface area (Å²) in [6.45, 7) is 2.43. The SMILES string of the molecule is Cc1cc(N)nc(C=Cc2cc(CN(C)C)cc(F)c2F)c1. The van der Waals surface area contributed by atoms with E-state index >= 15 is 0 Å². The highest BCUT2D eigenvalue weighted by molar-refractivity contribution is 5.69. The van der Waals surface area contributed by atoms with Crippen molar-refractivity contribution in [1.29, 1.82) is 0 Å². The first-order chi connectivity index (χ1) is 10.3. The Bertz CT molecular complexity index is 689. The Kier molecular flexibility index (Phi) is 4.88. The van der Waals surface area contributed by atoms with Gasteiger partial charge >= 0.3 is 0 Å². The molecule has 1 aromatic heterocycles. The molecule has 2 aromatic rings. The van der Waals surface area contributed by atoms with E-state index < -0.39 is 11.6 Å². The number of halogens is 2. The Balaban J connectivity index is 2.35. The maximum Gasteiger partial charge on any atom is 0.166 e. The summed E-state index contributed by atoms with van der Waals surface area (Å²) in [6.07, 6.45) is 3.14. The maximum absolute atomic E-state index is 13.9. The molecule has 0 aliphatic carbocycles. The fourth-order valence-electron chi connectivity index (χ4n) is 2.23. The molecule has 116 valence electrons. The number of nitrogens with zero attached hydrogens (tertiary/aromatic N) is 2. The molecule has 1 aromatic carbocycles. The molecule has 2 rings (SSSR count). The first-order valence-corrected chi connectivity index (χ1v) is 6.90. The number of anilines is 1. The quantitative estimate of drug-likeness (QED) is 0.940. The number of nitrogens with two attached hydrogens (primary N) is 1. The largest absolute Gasteiger partial charge is 0.384 e. The molecule has 0 aliphatic heterocycles. The molecule has 0 aliphatic rings. The van der Waals surface area contributed by atoms with Gasteiger partial charge in [0.2, 0.25) is 0 Å². The Morgan fingerprint density at radius 1 is 1.14 bits per heavy atom. The normalized spacial score (nSPS) is 11.5. The van der Waals surface area contributed by atoms with Crippen LogP contribution in [0.25, 0.3) is 12.2 Å². The average Bonchev–Trinajstić information content (AvgIpc) is 2.39. The third-order valence-electron chi connectivity index (χ3n) is 3.06. The molecule has 22 heavy (non-hydrogen) atoms. The van der Waals surface area contributed by atoms with Crippen molar-refractivity contribution in [3.8, 4) is 0 Å². The van der Waals surface area contributed by atoms with Gasteiger partial charge in [-0.2, -0.15) is 0 Å². The third kappa shape index (κ3) is 4.11. The number of aryl methyl sites for hydroxylation is 1. The van der Waals surface area contributed by atoms with Gasteiger partial charge in [-0.1, -0.05) is 0 Å². The van der Waals surface area contributed by atoms with Crippen molar-refractivity contribution in [2.45, 2.75) is 13.5 Å². The van der Waals surface area contributed by atoms with Crippen molar-refractivity contribution in [3.05, 3.63) is 58.3 Å². The van der Waals surface area contributed by atoms with Crippen LogP contribution in [0.4, 0.5) is 14.6 Å². The van der Waals surface area contributed by atoms with E-state index in [9.17, 15) is 8.78 Å². The highest BCUT2D eigenvalue weighted by Crippen LogP contribution is 2.19. The molecule has 3 nitrogen and oxygen atoms in total. The predicted molar refractivity (Wildman–Crippen MR) is 86.1 cm³/mol. The smallest absolute Gasteiger partial charge is 0.166 e. The standard InChI is InChI=1S/C17H19F2N3/c1-11-6-14(21-16(20)7-11)5-4-13-8-12(10-22(2)3)9-15(18)17(13)19/h4-9H,10H2,1-3H3,(H2,20,21). The molecule has 0 saturated heterocycles. The fraction of sp³-hybridized carbons (Fsp3) is 0.235. The van der Waals surface area contributed by atoms with Crippen molar-refractivity contribution >= 4 is 18.0 Å². The van der Waals surface area contributed by atoms with E-state index in [1.165, 1.54) is 12.1 Å². The summed E-state index contributed by atoms with van der Waals surface area (Å²) >= 11 is 0. The molecule has 0 unspecified atom stereocenters. The summed E-state index contributed by atoms with van der Waals surface area (Å²) < 4.78 is 27.6. The first kappa shape index (κ1) is 16.1. The summed E-state index contributed by atoms with van der Waals surface area (Å²) in [5.74, 6) is -1.32. The van der Waals surface area contributed by atoms with Gasteiger partial charge in [0.05, 0.1) is 5.69 Å². The van der Waals surface area contributed by atoms with Crippen molar-refractivity contribution in [1.82, 2.24) is 9.88 Å². The Hall–Kier alpha value is -2.27. The number of rotatable bonds is 4. The van der Waals surface area contributed by atoms with Crippen LogP contribution in [0, 0.1) is 18.6 Å². The number of hydrogen-bond acceptors (Lipinski definition) is 3. The van der Waals surface area contributed by atoms with Gasteiger partial charge in [0.15, 0.2) is 11.6 Å². The Labute approximate surface area is 129 Å². The second-order valence-electron chi connectivity index (χ2n) is 5.55. The minimum Gasteiger partial charge on any atom is -0.384 e. The zero-order valence-electron chi connectivity index (χ0n) is 12.9. The zero-order chi connectivity index (χ0) is 16.3. The average molecular weight is 303 g/mol. The molecular formula is C17H19F2N3. The minimum atomic E-state index is -0.862. The van der Waals surface area contributed by atoms with E-state index in [-0.39, 0.29) is 5.56 Å². The zero-order valence-corrected chi connectivity index (χ0v) is 12.9. The second kappa shape index (κ2) is 6.66. The topological polar surface area (TPSA) is 42.1 Å². The second-order valence-corrected chi connectivity index (χ2v) is 5.55. The number of pyridine rings is 1. The van der Waals surface area contributed by atoms with Crippen LogP contribution in [0.1, 0.15) is 22.4 Å². The molecule has 0 amide bonds. The van der Waals surface area contributed by atoms with Gasteiger partial charge in [-0.3, -0.25) is 0 Å². The van der Waals surface area contributed by atoms with Crippen LogP contribution in [0.2, 0.25) is 0 Å². The summed E-state index contributed by atoms with van der Waals surface area (Å²) in [6, 6.07) is 6.42. The van der Waals surface area contributed by atoms with E-state index in [0.717, 1.165) is 5.56 Å². The number of hydrogen-bond donors (Lipinski definition) is 1. The maximum atomic E-state index is 13.9. The molecule has 2 N–H and O–H groups in total. The molecule has 0 bridgehead atoms. The van der Waals surface area contributed by atoms with Crippen LogP contribution in [0.5, 0.6) is 0 Å². The minimum absolute atomic E-state index is 0.193. The van der Waals surface area contributed by atoms with E-state index in [1.807, 2.05) is 32.0 Å². The van der Waals surface area contributed by atoms with Crippen molar-refractivity contribution < 1.29 is 8.78 Å². The molecule has 0 saturated carbocycles. The Morgan fingerprint density at radius 2 is 1.86 bits per heavy atom.